The second-order valence-electron chi connectivity index (χ2n) is 9.51. The molecule has 2 atom stereocenters. The number of amides is 2. The number of anilines is 1. The number of carbonyl (C=O) groups excluding carboxylic acids is 4. The first-order chi connectivity index (χ1) is 22.1. The number of nitrogen functional groups attached to an aromatic ring is 1. The minimum Gasteiger partial charge on any atom is -0.544 e. The van der Waals surface area contributed by atoms with Crippen LogP contribution in [-0.2, 0) is 20.9 Å². The Morgan fingerprint density at radius 3 is 2.65 bits per heavy atom. The summed E-state index contributed by atoms with van der Waals surface area (Å²) in [5, 5.41) is 38.0. The Bertz CT molecular complexity index is 1930. The standard InChI is InChI=1S/C25H20N10O7S4.2Na/c26-24-31-18(33-46-24)14(32-42)19(36)30-15-20(37)35-16(22(38)39)11(7-43-21(15)35)8-44-25-29-13(17(45-25)23(40)41)6-34-5-12(28-9-34)10-2-1-3-27-4-10;;/h1-5,9,15,21,42H,6-8H2,(H,30,36)(H,38,39)(H,40,41)(H2,26,31,33);;/q;2*+1/p-2/b32-14+;;/t15-,21-;;/m1../s1. The van der Waals surface area contributed by atoms with Gasteiger partial charge in [-0.15, -0.1) is 23.1 Å². The van der Waals surface area contributed by atoms with Crippen molar-refractivity contribution in [3.05, 3.63) is 64.7 Å². The molecular weight excluding hydrogens is 727 g/mol. The second-order valence-corrected chi connectivity index (χ2v) is 13.6. The number of carbonyl (C=O) groups is 4. The van der Waals surface area contributed by atoms with Gasteiger partial charge in [0.15, 0.2) is 9.47 Å². The van der Waals surface area contributed by atoms with Crippen molar-refractivity contribution < 1.29 is 93.7 Å². The number of fused-ring (bicyclic) bond motifs is 1. The van der Waals surface area contributed by atoms with Gasteiger partial charge in [-0.1, -0.05) is 16.9 Å². The summed E-state index contributed by atoms with van der Waals surface area (Å²) >= 11 is 3.98. The van der Waals surface area contributed by atoms with Gasteiger partial charge in [0, 0.05) is 47.2 Å². The van der Waals surface area contributed by atoms with Crippen molar-refractivity contribution in [1.29, 1.82) is 0 Å². The van der Waals surface area contributed by atoms with Gasteiger partial charge in [-0.2, -0.15) is 9.36 Å². The maximum absolute atomic E-state index is 13.0. The van der Waals surface area contributed by atoms with E-state index >= 15 is 0 Å². The molecule has 0 spiro atoms. The quantitative estimate of drug-likeness (QED) is 0.0322. The minimum absolute atomic E-state index is 0. The van der Waals surface area contributed by atoms with Gasteiger partial charge in [0.25, 0.3) is 11.8 Å². The largest absolute Gasteiger partial charge is 1.00 e. The number of aromatic carboxylic acids is 1. The van der Waals surface area contributed by atoms with Gasteiger partial charge in [0.05, 0.1) is 46.8 Å². The number of carboxylic acids is 2. The molecular formula is C25H18N10Na2O7S4. The SMILES string of the molecule is Nc1nc(/C(=N\O)C(=O)N[C@@H]2C(=O)N3C(C(=O)[O-])=C(CSc4nc(Cn5cnc(-c6cccnc6)c5)c(C(=O)[O-])s4)CS[C@H]23)ns1.[Na+].[Na+]. The third-order valence-electron chi connectivity index (χ3n) is 6.65. The van der Waals surface area contributed by atoms with Crippen molar-refractivity contribution in [1.82, 2.24) is 39.1 Å². The van der Waals surface area contributed by atoms with Crippen molar-refractivity contribution in [3.63, 3.8) is 0 Å². The molecule has 17 nitrogen and oxygen atoms in total. The van der Waals surface area contributed by atoms with Crippen LogP contribution in [0.25, 0.3) is 11.3 Å². The summed E-state index contributed by atoms with van der Waals surface area (Å²) < 4.78 is 5.84. The maximum atomic E-state index is 13.0. The average molecular weight is 745 g/mol. The normalized spacial score (nSPS) is 17.1. The number of carboxylic acid groups (broad SMARTS) is 2. The van der Waals surface area contributed by atoms with Crippen LogP contribution in [0, 0.1) is 0 Å². The van der Waals surface area contributed by atoms with Gasteiger partial charge in [0.1, 0.15) is 11.4 Å². The number of pyridine rings is 1. The first kappa shape index (κ1) is 38.0. The van der Waals surface area contributed by atoms with Crippen LogP contribution < -0.4 is 80.4 Å². The van der Waals surface area contributed by atoms with Crippen LogP contribution in [0.5, 0.6) is 0 Å². The van der Waals surface area contributed by atoms with Crippen LogP contribution in [-0.4, -0.2) is 91.4 Å². The summed E-state index contributed by atoms with van der Waals surface area (Å²) in [4.78, 5) is 67.4. The summed E-state index contributed by atoms with van der Waals surface area (Å²) in [7, 11) is 0. The Balaban J connectivity index is 0.00000260. The van der Waals surface area contributed by atoms with E-state index in [4.69, 9.17) is 5.73 Å². The molecule has 0 unspecified atom stereocenters. The van der Waals surface area contributed by atoms with E-state index in [0.29, 0.717) is 15.6 Å². The van der Waals surface area contributed by atoms with Crippen LogP contribution in [0.1, 0.15) is 21.2 Å². The summed E-state index contributed by atoms with van der Waals surface area (Å²) in [6.45, 7) is 0.0994. The Labute approximate surface area is 331 Å². The third-order valence-corrected chi connectivity index (χ3v) is 10.8. The molecule has 1 fully saturated rings. The van der Waals surface area contributed by atoms with Crippen molar-refractivity contribution in [2.24, 2.45) is 5.16 Å². The predicted molar refractivity (Wildman–Crippen MR) is 161 cm³/mol. The van der Waals surface area contributed by atoms with E-state index in [2.05, 4.69) is 34.8 Å². The van der Waals surface area contributed by atoms with Crippen LogP contribution >= 0.6 is 46.4 Å². The van der Waals surface area contributed by atoms with Crippen molar-refractivity contribution >= 4 is 81.0 Å². The summed E-state index contributed by atoms with van der Waals surface area (Å²) in [6, 6.07) is 2.49. The molecule has 2 amide bonds. The molecule has 4 aromatic heterocycles. The number of nitrogens with zero attached hydrogens (tertiary/aromatic N) is 8. The fraction of sp³-hybridized carbons (Fsp3) is 0.200. The van der Waals surface area contributed by atoms with Gasteiger partial charge in [0.2, 0.25) is 11.5 Å². The van der Waals surface area contributed by atoms with Crippen molar-refractivity contribution in [2.75, 3.05) is 17.2 Å². The smallest absolute Gasteiger partial charge is 0.544 e. The van der Waals surface area contributed by atoms with Gasteiger partial charge < -0.3 is 40.6 Å². The molecule has 0 radical (unpaired) electrons. The molecule has 0 saturated carbocycles. The molecule has 236 valence electrons. The van der Waals surface area contributed by atoms with Crippen molar-refractivity contribution in [2.45, 2.75) is 22.3 Å². The molecule has 23 heteroatoms. The average Bonchev–Trinajstić information content (AvgIpc) is 3.79. The van der Waals surface area contributed by atoms with E-state index in [1.165, 1.54) is 11.8 Å². The predicted octanol–water partition coefficient (Wildman–Crippen LogP) is -7.37. The third kappa shape index (κ3) is 7.79. The number of aromatic nitrogens is 6. The molecule has 2 aliphatic heterocycles. The second kappa shape index (κ2) is 16.2. The van der Waals surface area contributed by atoms with E-state index in [1.54, 1.807) is 35.6 Å². The van der Waals surface area contributed by atoms with E-state index < -0.39 is 40.9 Å². The van der Waals surface area contributed by atoms with E-state index in [-0.39, 0.29) is 104 Å². The number of thiazole rings is 1. The van der Waals surface area contributed by atoms with Crippen molar-refractivity contribution in [3.8, 4) is 11.3 Å². The molecule has 2 aliphatic rings. The molecule has 1 saturated heterocycles. The van der Waals surface area contributed by atoms with E-state index in [0.717, 1.165) is 45.1 Å². The molecule has 4 aromatic rings. The Hall–Kier alpha value is -2.86. The molecule has 6 rings (SSSR count). The number of thioether (sulfide) groups is 2. The Morgan fingerprint density at radius 1 is 1.21 bits per heavy atom. The maximum Gasteiger partial charge on any atom is 1.00 e. The fourth-order valence-corrected chi connectivity index (χ4v) is 8.53. The molecule has 0 aromatic carbocycles. The van der Waals surface area contributed by atoms with Crippen LogP contribution in [0.3, 0.4) is 0 Å². The Kier molecular flexibility index (Phi) is 12.8. The summed E-state index contributed by atoms with van der Waals surface area (Å²) in [5.74, 6) is -4.65. The number of β-lactam (4-membered cyclic amide) rings is 1. The number of nitrogens with two attached hydrogens (primary N) is 1. The number of oxime groups is 1. The number of imidazole rings is 1. The number of nitrogens with one attached hydrogen (secondary N) is 1. The first-order valence-electron chi connectivity index (χ1n) is 12.9. The Morgan fingerprint density at radius 2 is 2.00 bits per heavy atom. The van der Waals surface area contributed by atoms with Crippen LogP contribution in [0.2, 0.25) is 0 Å². The molecule has 0 bridgehead atoms. The summed E-state index contributed by atoms with van der Waals surface area (Å²) in [6.07, 6.45) is 6.57. The topological polar surface area (TPSA) is 258 Å². The van der Waals surface area contributed by atoms with Crippen LogP contribution in [0.15, 0.2) is 57.8 Å². The van der Waals surface area contributed by atoms with E-state index in [1.807, 2.05) is 6.07 Å². The fourth-order valence-electron chi connectivity index (χ4n) is 4.61. The van der Waals surface area contributed by atoms with Gasteiger partial charge in [-0.3, -0.25) is 19.5 Å². The minimum atomic E-state index is -1.58. The van der Waals surface area contributed by atoms with Gasteiger partial charge >= 0.3 is 59.1 Å². The zero-order valence-electron chi connectivity index (χ0n) is 24.9. The number of rotatable bonds is 11. The van der Waals surface area contributed by atoms with Gasteiger partial charge in [-0.25, -0.2) is 9.97 Å². The first-order valence-corrected chi connectivity index (χ1v) is 16.5. The summed E-state index contributed by atoms with van der Waals surface area (Å²) in [5.41, 5.74) is 6.65. The zero-order valence-corrected chi connectivity index (χ0v) is 32.2. The monoisotopic (exact) mass is 744 g/mol. The zero-order chi connectivity index (χ0) is 32.5. The number of hydrogen-bond donors (Lipinski definition) is 3. The van der Waals surface area contributed by atoms with E-state index in [9.17, 15) is 34.6 Å². The molecule has 0 aliphatic carbocycles. The molecule has 6 heterocycles. The molecule has 4 N–H and O–H groups in total. The number of aliphatic carboxylic acids is 1. The molecule has 48 heavy (non-hydrogen) atoms. The van der Waals surface area contributed by atoms with Crippen LogP contribution in [0.4, 0.5) is 5.13 Å². The number of hydrogen-bond acceptors (Lipinski definition) is 18. The van der Waals surface area contributed by atoms with Gasteiger partial charge in [-0.05, 0) is 17.7 Å².